The summed E-state index contributed by atoms with van der Waals surface area (Å²) in [5, 5.41) is 10.4. The Labute approximate surface area is 207 Å². The molecular formula is C24H28F3N3O5S. The number of hydrogen-bond acceptors (Lipinski definition) is 7. The number of halogens is 3. The van der Waals surface area contributed by atoms with Gasteiger partial charge in [0, 0.05) is 50.2 Å². The minimum atomic E-state index is -4.65. The Morgan fingerprint density at radius 1 is 1.14 bits per heavy atom. The summed E-state index contributed by atoms with van der Waals surface area (Å²) < 4.78 is 68.4. The molecule has 1 N–H and O–H groups in total. The number of amides is 1. The van der Waals surface area contributed by atoms with Crippen molar-refractivity contribution < 1.29 is 36.2 Å². The maximum Gasteiger partial charge on any atom is 0.425 e. The van der Waals surface area contributed by atoms with E-state index in [4.69, 9.17) is 4.74 Å². The van der Waals surface area contributed by atoms with Gasteiger partial charge in [0.15, 0.2) is 15.9 Å². The van der Waals surface area contributed by atoms with E-state index in [2.05, 4.69) is 4.90 Å². The molecule has 1 amide bonds. The van der Waals surface area contributed by atoms with Gasteiger partial charge >= 0.3 is 6.18 Å². The second-order valence-electron chi connectivity index (χ2n) is 9.14. The van der Waals surface area contributed by atoms with E-state index in [1.165, 1.54) is 4.90 Å². The first-order valence-electron chi connectivity index (χ1n) is 11.4. The number of piperazine rings is 1. The van der Waals surface area contributed by atoms with Crippen molar-refractivity contribution in [2.24, 2.45) is 0 Å². The van der Waals surface area contributed by atoms with Crippen LogP contribution in [0.2, 0.25) is 0 Å². The van der Waals surface area contributed by atoms with Gasteiger partial charge in [-0.1, -0.05) is 12.1 Å². The number of hydrogen-bond donors (Lipinski definition) is 1. The number of rotatable bonds is 5. The third-order valence-electron chi connectivity index (χ3n) is 6.57. The van der Waals surface area contributed by atoms with Crippen LogP contribution in [0.15, 0.2) is 41.3 Å². The molecule has 36 heavy (non-hydrogen) atoms. The molecule has 1 saturated heterocycles. The molecule has 0 aliphatic carbocycles. The van der Waals surface area contributed by atoms with E-state index >= 15 is 0 Å². The Balaban J connectivity index is 1.56. The maximum atomic E-state index is 13.4. The van der Waals surface area contributed by atoms with Crippen molar-refractivity contribution in [3.05, 3.63) is 53.1 Å². The minimum absolute atomic E-state index is 0.181. The molecule has 12 heteroatoms. The van der Waals surface area contributed by atoms with Crippen molar-refractivity contribution in [1.82, 2.24) is 9.80 Å². The maximum absolute atomic E-state index is 13.4. The first kappa shape index (κ1) is 26.2. The van der Waals surface area contributed by atoms with E-state index in [9.17, 15) is 31.5 Å². The third kappa shape index (κ3) is 5.16. The van der Waals surface area contributed by atoms with Crippen molar-refractivity contribution in [2.75, 3.05) is 44.4 Å². The van der Waals surface area contributed by atoms with Crippen LogP contribution < -0.4 is 9.64 Å². The molecule has 8 nitrogen and oxygen atoms in total. The second-order valence-corrected chi connectivity index (χ2v) is 11.2. The zero-order chi connectivity index (χ0) is 26.4. The lowest BCUT2D eigenvalue weighted by atomic mass is 10.1. The molecule has 0 saturated carbocycles. The highest BCUT2D eigenvalue weighted by Gasteiger charge is 2.39. The topological polar surface area (TPSA) is 90.4 Å². The summed E-state index contributed by atoms with van der Waals surface area (Å²) in [6, 6.07) is 9.01. The zero-order valence-corrected chi connectivity index (χ0v) is 20.9. The predicted molar refractivity (Wildman–Crippen MR) is 127 cm³/mol. The first-order chi connectivity index (χ1) is 16.8. The molecule has 1 unspecified atom stereocenters. The van der Waals surface area contributed by atoms with Gasteiger partial charge in [0.25, 0.3) is 5.91 Å². The van der Waals surface area contributed by atoms with Gasteiger partial charge in [-0.05, 0) is 43.8 Å². The Hall–Kier alpha value is -2.83. The van der Waals surface area contributed by atoms with Crippen molar-refractivity contribution in [3.8, 4) is 5.75 Å². The summed E-state index contributed by atoms with van der Waals surface area (Å²) >= 11 is 0. The first-order valence-corrected chi connectivity index (χ1v) is 13.3. The third-order valence-corrected chi connectivity index (χ3v) is 7.68. The highest BCUT2D eigenvalue weighted by molar-refractivity contribution is 7.90. The van der Waals surface area contributed by atoms with Crippen LogP contribution >= 0.6 is 0 Å². The lowest BCUT2D eigenvalue weighted by molar-refractivity contribution is -0.189. The number of aliphatic hydroxyl groups excluding tert-OH is 1. The fourth-order valence-corrected chi connectivity index (χ4v) is 5.11. The van der Waals surface area contributed by atoms with E-state index in [1.807, 2.05) is 30.1 Å². The van der Waals surface area contributed by atoms with Gasteiger partial charge < -0.3 is 19.6 Å². The second kappa shape index (κ2) is 9.56. The molecule has 4 rings (SSSR count). The molecule has 2 aliphatic heterocycles. The summed E-state index contributed by atoms with van der Waals surface area (Å²) in [7, 11) is -1.88. The molecule has 1 fully saturated rings. The highest BCUT2D eigenvalue weighted by atomic mass is 32.2. The van der Waals surface area contributed by atoms with Crippen molar-refractivity contribution >= 4 is 21.4 Å². The summed E-state index contributed by atoms with van der Waals surface area (Å²) in [5.74, 6) is -0.921. The molecule has 0 aromatic heterocycles. The van der Waals surface area contributed by atoms with E-state index in [0.717, 1.165) is 48.2 Å². The molecule has 2 aromatic rings. The molecule has 0 radical (unpaired) electrons. The molecule has 0 bridgehead atoms. The lowest BCUT2D eigenvalue weighted by Gasteiger charge is -2.37. The van der Waals surface area contributed by atoms with Gasteiger partial charge in [-0.15, -0.1) is 0 Å². The van der Waals surface area contributed by atoms with Gasteiger partial charge in [0.2, 0.25) is 0 Å². The average Bonchev–Trinajstić information content (AvgIpc) is 3.11. The van der Waals surface area contributed by atoms with Crippen LogP contribution in [0, 0.1) is 0 Å². The monoisotopic (exact) mass is 527 g/mol. The van der Waals surface area contributed by atoms with Crippen LogP contribution in [0.4, 0.5) is 18.9 Å². The van der Waals surface area contributed by atoms with Gasteiger partial charge in [0.05, 0.1) is 10.5 Å². The van der Waals surface area contributed by atoms with Crippen LogP contribution in [-0.4, -0.2) is 81.0 Å². The molecular weight excluding hydrogens is 499 g/mol. The number of carbonyl (C=O) groups is 1. The standard InChI is InChI=1S/C24H28F3N3O5S/c1-15(24(25,26)27)35-21-8-7-16(36(3,33)34)13-18(21)23(32)30-11-9-29(10-12-30)20-6-4-5-17-19(20)14-28(2)22(17)31/h4-8,13,15,22,31H,9-12,14H2,1-3H3/t15-,22?/m0/s1. The number of alkyl halides is 3. The Morgan fingerprint density at radius 2 is 1.81 bits per heavy atom. The molecule has 2 heterocycles. The zero-order valence-electron chi connectivity index (χ0n) is 20.1. The summed E-state index contributed by atoms with van der Waals surface area (Å²) in [6.45, 7) is 2.88. The van der Waals surface area contributed by atoms with Crippen molar-refractivity contribution in [1.29, 1.82) is 0 Å². The van der Waals surface area contributed by atoms with Gasteiger partial charge in [-0.2, -0.15) is 13.2 Å². The largest absolute Gasteiger partial charge is 0.480 e. The average molecular weight is 528 g/mol. The van der Waals surface area contributed by atoms with Crippen molar-refractivity contribution in [2.45, 2.75) is 36.9 Å². The van der Waals surface area contributed by atoms with Crippen LogP contribution in [0.25, 0.3) is 0 Å². The molecule has 0 spiro atoms. The number of aliphatic hydroxyl groups is 1. The minimum Gasteiger partial charge on any atom is -0.480 e. The number of carbonyl (C=O) groups excluding carboxylic acids is 1. The Kier molecular flexibility index (Phi) is 6.97. The van der Waals surface area contributed by atoms with Gasteiger partial charge in [-0.25, -0.2) is 8.42 Å². The van der Waals surface area contributed by atoms with E-state index < -0.39 is 34.3 Å². The normalized spacial score (nSPS) is 19.8. The number of nitrogens with zero attached hydrogens (tertiary/aromatic N) is 3. The number of anilines is 1. The summed E-state index contributed by atoms with van der Waals surface area (Å²) in [4.78, 5) is 18.6. The van der Waals surface area contributed by atoms with Crippen LogP contribution in [0.1, 0.15) is 34.6 Å². The fourth-order valence-electron chi connectivity index (χ4n) is 4.46. The van der Waals surface area contributed by atoms with Gasteiger partial charge in [-0.3, -0.25) is 9.69 Å². The molecule has 2 aliphatic rings. The smallest absolute Gasteiger partial charge is 0.425 e. The van der Waals surface area contributed by atoms with Crippen LogP contribution in [0.3, 0.4) is 0 Å². The van der Waals surface area contributed by atoms with Crippen LogP contribution in [0.5, 0.6) is 5.75 Å². The number of benzene rings is 2. The quantitative estimate of drug-likeness (QED) is 0.640. The predicted octanol–water partition coefficient (Wildman–Crippen LogP) is 2.82. The SMILES string of the molecule is C[C@H](Oc1ccc(S(C)(=O)=O)cc1C(=O)N1CCN(c2cccc3c2CN(C)C3O)CC1)C(F)(F)F. The Morgan fingerprint density at radius 3 is 2.42 bits per heavy atom. The molecule has 2 aromatic carbocycles. The molecule has 2 atom stereocenters. The summed E-state index contributed by atoms with van der Waals surface area (Å²) in [5.41, 5.74) is 2.59. The van der Waals surface area contributed by atoms with Gasteiger partial charge in [0.1, 0.15) is 12.0 Å². The highest BCUT2D eigenvalue weighted by Crippen LogP contribution is 2.37. The number of ether oxygens (including phenoxy) is 1. The van der Waals surface area contributed by atoms with Crippen molar-refractivity contribution in [3.63, 3.8) is 0 Å². The van der Waals surface area contributed by atoms with Crippen LogP contribution in [-0.2, 0) is 16.4 Å². The Bertz CT molecular complexity index is 1260. The summed E-state index contributed by atoms with van der Waals surface area (Å²) in [6.07, 6.45) is -6.55. The number of fused-ring (bicyclic) bond motifs is 1. The molecule has 196 valence electrons. The van der Waals surface area contributed by atoms with E-state index in [0.29, 0.717) is 19.6 Å². The lowest BCUT2D eigenvalue weighted by Crippen LogP contribution is -2.49. The van der Waals surface area contributed by atoms with E-state index in [-0.39, 0.29) is 29.3 Å². The fraction of sp³-hybridized carbons (Fsp3) is 0.458. The van der Waals surface area contributed by atoms with E-state index in [1.54, 1.807) is 0 Å². The number of sulfone groups is 1.